The summed E-state index contributed by atoms with van der Waals surface area (Å²) in [6, 6.07) is 5.26. The molecule has 0 radical (unpaired) electrons. The van der Waals surface area contributed by atoms with E-state index in [9.17, 15) is 4.79 Å². The van der Waals surface area contributed by atoms with Crippen LogP contribution in [0.5, 0.6) is 5.75 Å². The molecule has 1 aromatic heterocycles. The van der Waals surface area contributed by atoms with E-state index in [4.69, 9.17) is 21.4 Å². The number of aliphatic carboxylic acids is 1. The molecule has 1 heterocycles. The number of ether oxygens (including phenoxy) is 1. The number of carbonyl (C=O) groups is 1. The normalized spacial score (nSPS) is 10.3. The molecule has 0 spiro atoms. The van der Waals surface area contributed by atoms with Gasteiger partial charge in [-0.2, -0.15) is 0 Å². The Morgan fingerprint density at radius 3 is 3.00 bits per heavy atom. The van der Waals surface area contributed by atoms with Gasteiger partial charge < -0.3 is 9.84 Å². The average Bonchev–Trinajstić information content (AvgIpc) is 2.76. The van der Waals surface area contributed by atoms with Crippen LogP contribution >= 0.6 is 22.9 Å². The van der Waals surface area contributed by atoms with Gasteiger partial charge in [0.15, 0.2) is 0 Å². The Balaban J connectivity index is 2.36. The molecule has 0 aliphatic carbocycles. The van der Waals surface area contributed by atoms with Gasteiger partial charge in [0.25, 0.3) is 0 Å². The first-order valence-corrected chi connectivity index (χ1v) is 6.36. The Morgan fingerprint density at radius 1 is 1.56 bits per heavy atom. The van der Waals surface area contributed by atoms with Crippen LogP contribution in [0.3, 0.4) is 0 Å². The van der Waals surface area contributed by atoms with Crippen molar-refractivity contribution in [2.24, 2.45) is 0 Å². The van der Waals surface area contributed by atoms with Gasteiger partial charge in [-0.05, 0) is 18.2 Å². The SMILES string of the molecule is COc1cc(Cl)ccc1-c1nc(CC(=O)O)cs1. The third-order valence-corrected chi connectivity index (χ3v) is 3.44. The van der Waals surface area contributed by atoms with Crippen LogP contribution in [-0.2, 0) is 11.2 Å². The predicted molar refractivity (Wildman–Crippen MR) is 70.5 cm³/mol. The molecule has 0 fully saturated rings. The van der Waals surface area contributed by atoms with Crippen LogP contribution in [0.25, 0.3) is 10.6 Å². The molecule has 94 valence electrons. The molecule has 0 saturated heterocycles. The highest BCUT2D eigenvalue weighted by molar-refractivity contribution is 7.13. The lowest BCUT2D eigenvalue weighted by Crippen LogP contribution is -2.00. The van der Waals surface area contributed by atoms with Crippen LogP contribution in [0.4, 0.5) is 0 Å². The maximum absolute atomic E-state index is 10.6. The number of methoxy groups -OCH3 is 1. The molecule has 0 amide bonds. The minimum Gasteiger partial charge on any atom is -0.496 e. The van der Waals surface area contributed by atoms with Crippen molar-refractivity contribution in [3.05, 3.63) is 34.3 Å². The van der Waals surface area contributed by atoms with Crippen molar-refractivity contribution in [2.45, 2.75) is 6.42 Å². The molecule has 1 aromatic carbocycles. The third kappa shape index (κ3) is 2.80. The van der Waals surface area contributed by atoms with E-state index in [1.165, 1.54) is 11.3 Å². The van der Waals surface area contributed by atoms with E-state index >= 15 is 0 Å². The number of thiazole rings is 1. The highest BCUT2D eigenvalue weighted by Crippen LogP contribution is 2.34. The van der Waals surface area contributed by atoms with Gasteiger partial charge in [0, 0.05) is 10.4 Å². The number of carboxylic acids is 1. The van der Waals surface area contributed by atoms with E-state index in [1.807, 2.05) is 6.07 Å². The summed E-state index contributed by atoms with van der Waals surface area (Å²) in [5.74, 6) is -0.270. The lowest BCUT2D eigenvalue weighted by atomic mass is 10.2. The van der Waals surface area contributed by atoms with Gasteiger partial charge >= 0.3 is 5.97 Å². The molecule has 4 nitrogen and oxygen atoms in total. The molecule has 0 unspecified atom stereocenters. The highest BCUT2D eigenvalue weighted by Gasteiger charge is 2.12. The third-order valence-electron chi connectivity index (χ3n) is 2.28. The number of halogens is 1. The van der Waals surface area contributed by atoms with E-state index in [0.717, 1.165) is 10.6 Å². The minimum atomic E-state index is -0.894. The van der Waals surface area contributed by atoms with Crippen molar-refractivity contribution in [1.82, 2.24) is 4.98 Å². The summed E-state index contributed by atoms with van der Waals surface area (Å²) < 4.78 is 5.24. The molecule has 1 N–H and O–H groups in total. The molecule has 0 aliphatic rings. The Morgan fingerprint density at radius 2 is 2.33 bits per heavy atom. The Hall–Kier alpha value is -1.59. The van der Waals surface area contributed by atoms with Gasteiger partial charge in [-0.15, -0.1) is 11.3 Å². The zero-order valence-corrected chi connectivity index (χ0v) is 11.1. The molecule has 6 heteroatoms. The number of hydrogen-bond acceptors (Lipinski definition) is 4. The quantitative estimate of drug-likeness (QED) is 0.937. The molecule has 18 heavy (non-hydrogen) atoms. The molecule has 0 saturated carbocycles. The van der Waals surface area contributed by atoms with Crippen LogP contribution in [-0.4, -0.2) is 23.2 Å². The van der Waals surface area contributed by atoms with E-state index in [1.54, 1.807) is 24.6 Å². The average molecular weight is 284 g/mol. The van der Waals surface area contributed by atoms with Gasteiger partial charge in [0.1, 0.15) is 10.8 Å². The number of hydrogen-bond donors (Lipinski definition) is 1. The van der Waals surface area contributed by atoms with Crippen molar-refractivity contribution in [3.8, 4) is 16.3 Å². The van der Waals surface area contributed by atoms with Crippen LogP contribution in [0.15, 0.2) is 23.6 Å². The van der Waals surface area contributed by atoms with E-state index in [0.29, 0.717) is 16.5 Å². The summed E-state index contributed by atoms with van der Waals surface area (Å²) in [5, 5.41) is 11.7. The summed E-state index contributed by atoms with van der Waals surface area (Å²) in [4.78, 5) is 14.9. The lowest BCUT2D eigenvalue weighted by Gasteiger charge is -2.05. The summed E-state index contributed by atoms with van der Waals surface area (Å²) in [5.41, 5.74) is 1.35. The van der Waals surface area contributed by atoms with Crippen LogP contribution in [0.1, 0.15) is 5.69 Å². The molecule has 2 aromatic rings. The van der Waals surface area contributed by atoms with Gasteiger partial charge in [0.05, 0.1) is 24.8 Å². The topological polar surface area (TPSA) is 59.4 Å². The van der Waals surface area contributed by atoms with Gasteiger partial charge in [-0.1, -0.05) is 11.6 Å². The smallest absolute Gasteiger partial charge is 0.309 e. The number of aromatic nitrogens is 1. The predicted octanol–water partition coefficient (Wildman–Crippen LogP) is 3.10. The fourth-order valence-corrected chi connectivity index (χ4v) is 2.52. The molecule has 2 rings (SSSR count). The van der Waals surface area contributed by atoms with Gasteiger partial charge in [-0.3, -0.25) is 4.79 Å². The number of carboxylic acid groups (broad SMARTS) is 1. The van der Waals surface area contributed by atoms with Crippen LogP contribution < -0.4 is 4.74 Å². The van der Waals surface area contributed by atoms with Crippen molar-refractivity contribution < 1.29 is 14.6 Å². The zero-order chi connectivity index (χ0) is 13.1. The molecule has 0 bridgehead atoms. The standard InChI is InChI=1S/C12H10ClNO3S/c1-17-10-4-7(13)2-3-9(10)12-14-8(6-18-12)5-11(15)16/h2-4,6H,5H2,1H3,(H,15,16). The Labute approximate surface area is 113 Å². The van der Waals surface area contributed by atoms with E-state index in [-0.39, 0.29) is 6.42 Å². The fourth-order valence-electron chi connectivity index (χ4n) is 1.51. The van der Waals surface area contributed by atoms with Crippen molar-refractivity contribution >= 4 is 28.9 Å². The summed E-state index contributed by atoms with van der Waals surface area (Å²) >= 11 is 7.26. The van der Waals surface area contributed by atoms with Crippen LogP contribution in [0.2, 0.25) is 5.02 Å². The highest BCUT2D eigenvalue weighted by atomic mass is 35.5. The monoisotopic (exact) mass is 283 g/mol. The Bertz CT molecular complexity index is 582. The minimum absolute atomic E-state index is 0.0770. The van der Waals surface area contributed by atoms with Gasteiger partial charge in [-0.25, -0.2) is 4.98 Å². The largest absolute Gasteiger partial charge is 0.496 e. The first kappa shape index (κ1) is 12.9. The maximum Gasteiger partial charge on any atom is 0.309 e. The van der Waals surface area contributed by atoms with E-state index in [2.05, 4.69) is 4.98 Å². The summed E-state index contributed by atoms with van der Waals surface area (Å²) in [6.07, 6.45) is -0.0770. The molecular formula is C12H10ClNO3S. The van der Waals surface area contributed by atoms with E-state index < -0.39 is 5.97 Å². The first-order chi connectivity index (χ1) is 8.60. The van der Waals surface area contributed by atoms with Crippen molar-refractivity contribution in [1.29, 1.82) is 0 Å². The lowest BCUT2D eigenvalue weighted by molar-refractivity contribution is -0.136. The second-order valence-corrected chi connectivity index (χ2v) is 4.85. The molecule has 0 atom stereocenters. The number of benzene rings is 1. The number of nitrogens with zero attached hydrogens (tertiary/aromatic N) is 1. The van der Waals surface area contributed by atoms with Crippen molar-refractivity contribution in [3.63, 3.8) is 0 Å². The second kappa shape index (κ2) is 5.37. The summed E-state index contributed by atoms with van der Waals surface area (Å²) in [7, 11) is 1.56. The number of rotatable bonds is 4. The molecule has 0 aliphatic heterocycles. The molecular weight excluding hydrogens is 274 g/mol. The van der Waals surface area contributed by atoms with Crippen LogP contribution in [0, 0.1) is 0 Å². The maximum atomic E-state index is 10.6. The van der Waals surface area contributed by atoms with Crippen molar-refractivity contribution in [2.75, 3.05) is 7.11 Å². The first-order valence-electron chi connectivity index (χ1n) is 5.10. The zero-order valence-electron chi connectivity index (χ0n) is 9.51. The second-order valence-electron chi connectivity index (χ2n) is 3.56. The summed E-state index contributed by atoms with van der Waals surface area (Å²) in [6.45, 7) is 0. The Kier molecular flexibility index (Phi) is 3.84. The fraction of sp³-hybridized carbons (Fsp3) is 0.167. The van der Waals surface area contributed by atoms with Gasteiger partial charge in [0.2, 0.25) is 0 Å².